The SMILES string of the molecule is CCCCCN(C)Cc1cc(C(=O)O)ccc1N1C(=O)c2nc3c(NC)cc(F)cc3c(NCCCN)c2C1=O. The van der Waals surface area contributed by atoms with E-state index >= 15 is 0 Å². The maximum atomic E-state index is 14.6. The molecule has 0 atom stereocenters. The molecule has 0 saturated heterocycles. The van der Waals surface area contributed by atoms with Crippen LogP contribution in [0.25, 0.3) is 10.9 Å². The number of unbranched alkanes of at least 4 members (excludes halogenated alkanes) is 2. The van der Waals surface area contributed by atoms with Gasteiger partial charge in [-0.3, -0.25) is 9.59 Å². The number of nitrogens with zero attached hydrogens (tertiary/aromatic N) is 3. The lowest BCUT2D eigenvalue weighted by Crippen LogP contribution is -2.32. The first-order valence-corrected chi connectivity index (χ1v) is 13.4. The highest BCUT2D eigenvalue weighted by Crippen LogP contribution is 2.40. The zero-order valence-electron chi connectivity index (χ0n) is 23.0. The quantitative estimate of drug-likeness (QED) is 0.181. The molecule has 1 aromatic heterocycles. The second kappa shape index (κ2) is 12.4. The van der Waals surface area contributed by atoms with Gasteiger partial charge in [-0.15, -0.1) is 0 Å². The average molecular weight is 551 g/mol. The zero-order chi connectivity index (χ0) is 29.0. The number of halogens is 1. The van der Waals surface area contributed by atoms with Gasteiger partial charge >= 0.3 is 5.97 Å². The number of nitrogens with two attached hydrogens (primary N) is 1. The summed E-state index contributed by atoms with van der Waals surface area (Å²) in [5.41, 5.74) is 7.56. The Morgan fingerprint density at radius 3 is 2.60 bits per heavy atom. The smallest absolute Gasteiger partial charge is 0.335 e. The third-order valence-corrected chi connectivity index (χ3v) is 6.98. The van der Waals surface area contributed by atoms with Crippen LogP contribution in [0.15, 0.2) is 30.3 Å². The van der Waals surface area contributed by atoms with Crippen LogP contribution in [0.1, 0.15) is 69.4 Å². The second-order valence-electron chi connectivity index (χ2n) is 9.92. The van der Waals surface area contributed by atoms with Gasteiger partial charge in [0.05, 0.1) is 33.7 Å². The lowest BCUT2D eigenvalue weighted by molar-refractivity contribution is 0.0696. The van der Waals surface area contributed by atoms with Crippen LogP contribution in [0, 0.1) is 5.82 Å². The summed E-state index contributed by atoms with van der Waals surface area (Å²) < 4.78 is 14.6. The normalized spacial score (nSPS) is 12.9. The Balaban J connectivity index is 1.85. The summed E-state index contributed by atoms with van der Waals surface area (Å²) in [5, 5.41) is 16.1. The number of amides is 2. The molecule has 11 heteroatoms. The van der Waals surface area contributed by atoms with Gasteiger partial charge in [0.15, 0.2) is 0 Å². The molecule has 40 heavy (non-hydrogen) atoms. The van der Waals surface area contributed by atoms with Gasteiger partial charge in [0.25, 0.3) is 11.8 Å². The van der Waals surface area contributed by atoms with Crippen molar-refractivity contribution in [2.75, 3.05) is 49.3 Å². The summed E-state index contributed by atoms with van der Waals surface area (Å²) in [6.45, 7) is 4.02. The molecular formula is C29H35FN6O4. The number of carboxylic acids is 1. The number of anilines is 3. The van der Waals surface area contributed by atoms with Crippen LogP contribution in [0.2, 0.25) is 0 Å². The van der Waals surface area contributed by atoms with E-state index in [1.165, 1.54) is 30.3 Å². The van der Waals surface area contributed by atoms with Crippen molar-refractivity contribution in [3.8, 4) is 0 Å². The summed E-state index contributed by atoms with van der Waals surface area (Å²) in [6, 6.07) is 6.92. The van der Waals surface area contributed by atoms with Crippen LogP contribution < -0.4 is 21.3 Å². The number of aromatic carboxylic acids is 1. The Hall–Kier alpha value is -4.09. The average Bonchev–Trinajstić information content (AvgIpc) is 3.17. The number of rotatable bonds is 13. The Morgan fingerprint density at radius 2 is 1.93 bits per heavy atom. The van der Waals surface area contributed by atoms with Crippen molar-refractivity contribution < 1.29 is 23.9 Å². The van der Waals surface area contributed by atoms with Crippen LogP contribution in [0.3, 0.4) is 0 Å². The molecule has 10 nitrogen and oxygen atoms in total. The molecule has 2 amide bonds. The zero-order valence-corrected chi connectivity index (χ0v) is 23.0. The summed E-state index contributed by atoms with van der Waals surface area (Å²) >= 11 is 0. The molecule has 3 aromatic rings. The molecule has 2 aromatic carbocycles. The number of hydrogen-bond acceptors (Lipinski definition) is 8. The van der Waals surface area contributed by atoms with Crippen molar-refractivity contribution in [1.29, 1.82) is 0 Å². The van der Waals surface area contributed by atoms with Crippen LogP contribution in [0.4, 0.5) is 21.5 Å². The molecule has 1 aliphatic heterocycles. The van der Waals surface area contributed by atoms with Crippen LogP contribution in [-0.2, 0) is 6.54 Å². The largest absolute Gasteiger partial charge is 0.478 e. The van der Waals surface area contributed by atoms with E-state index in [0.29, 0.717) is 53.9 Å². The van der Waals surface area contributed by atoms with Gasteiger partial charge in [0.1, 0.15) is 11.5 Å². The van der Waals surface area contributed by atoms with Gasteiger partial charge in [-0.25, -0.2) is 19.1 Å². The van der Waals surface area contributed by atoms with Crippen molar-refractivity contribution in [2.24, 2.45) is 5.73 Å². The van der Waals surface area contributed by atoms with E-state index in [1.807, 2.05) is 11.9 Å². The molecule has 5 N–H and O–H groups in total. The van der Waals surface area contributed by atoms with E-state index in [9.17, 15) is 23.9 Å². The minimum atomic E-state index is -1.11. The number of pyridine rings is 1. The molecule has 2 heterocycles. The highest BCUT2D eigenvalue weighted by atomic mass is 19.1. The number of carbonyl (C=O) groups is 3. The molecular weight excluding hydrogens is 515 g/mol. The van der Waals surface area contributed by atoms with Gasteiger partial charge in [0, 0.05) is 25.5 Å². The van der Waals surface area contributed by atoms with Crippen LogP contribution in [-0.4, -0.2) is 66.5 Å². The highest BCUT2D eigenvalue weighted by molar-refractivity contribution is 6.37. The number of nitrogens with one attached hydrogen (secondary N) is 2. The van der Waals surface area contributed by atoms with Gasteiger partial charge < -0.3 is 26.4 Å². The van der Waals surface area contributed by atoms with E-state index in [1.54, 1.807) is 7.05 Å². The summed E-state index contributed by atoms with van der Waals surface area (Å²) in [5.74, 6) is -2.87. The molecule has 0 bridgehead atoms. The van der Waals surface area contributed by atoms with E-state index < -0.39 is 23.6 Å². The molecule has 1 aliphatic rings. The van der Waals surface area contributed by atoms with Crippen molar-refractivity contribution in [2.45, 2.75) is 39.2 Å². The predicted molar refractivity (Wildman–Crippen MR) is 154 cm³/mol. The molecule has 4 rings (SSSR count). The van der Waals surface area contributed by atoms with E-state index in [2.05, 4.69) is 22.5 Å². The second-order valence-corrected chi connectivity index (χ2v) is 9.92. The third-order valence-electron chi connectivity index (χ3n) is 6.98. The number of hydrogen-bond donors (Lipinski definition) is 4. The van der Waals surface area contributed by atoms with Gasteiger partial charge in [-0.05, 0) is 68.9 Å². The fourth-order valence-corrected chi connectivity index (χ4v) is 4.98. The Bertz CT molecular complexity index is 1460. The van der Waals surface area contributed by atoms with Crippen molar-refractivity contribution in [3.63, 3.8) is 0 Å². The van der Waals surface area contributed by atoms with E-state index in [0.717, 1.165) is 30.7 Å². The first-order valence-electron chi connectivity index (χ1n) is 13.4. The topological polar surface area (TPSA) is 141 Å². The molecule has 0 fully saturated rings. The summed E-state index contributed by atoms with van der Waals surface area (Å²) in [6.07, 6.45) is 3.67. The number of aromatic nitrogens is 1. The lowest BCUT2D eigenvalue weighted by Gasteiger charge is -2.23. The third kappa shape index (κ3) is 5.61. The molecule has 0 unspecified atom stereocenters. The number of benzene rings is 2. The first-order chi connectivity index (χ1) is 19.2. The number of fused-ring (bicyclic) bond motifs is 2. The van der Waals surface area contributed by atoms with E-state index in [4.69, 9.17) is 5.73 Å². The van der Waals surface area contributed by atoms with Crippen molar-refractivity contribution in [1.82, 2.24) is 9.88 Å². The van der Waals surface area contributed by atoms with Crippen molar-refractivity contribution in [3.05, 3.63) is 58.5 Å². The Morgan fingerprint density at radius 1 is 1.15 bits per heavy atom. The number of imide groups is 1. The molecule has 0 spiro atoms. The highest BCUT2D eigenvalue weighted by Gasteiger charge is 2.42. The minimum Gasteiger partial charge on any atom is -0.478 e. The lowest BCUT2D eigenvalue weighted by atomic mass is 10.0. The Kier molecular flexibility index (Phi) is 8.96. The molecule has 0 saturated carbocycles. The van der Waals surface area contributed by atoms with Crippen LogP contribution in [0.5, 0.6) is 0 Å². The number of carboxylic acid groups (broad SMARTS) is 1. The standard InChI is InChI=1S/C29H35FN6O4/c1-4-5-6-12-35(3)16-18-13-17(29(39)40)8-9-22(18)36-27(37)23-25(33-11-7-10-31)20-14-19(30)15-21(32-2)24(20)34-26(23)28(36)38/h8-9,13-15,32H,4-7,10-12,16,31H2,1-3H3,(H,33,34)(H,39,40). The monoisotopic (exact) mass is 550 g/mol. The first kappa shape index (κ1) is 28.9. The van der Waals surface area contributed by atoms with Gasteiger partial charge in [-0.1, -0.05) is 19.8 Å². The molecule has 212 valence electrons. The van der Waals surface area contributed by atoms with Gasteiger partial charge in [-0.2, -0.15) is 0 Å². The van der Waals surface area contributed by atoms with E-state index in [-0.39, 0.29) is 22.5 Å². The summed E-state index contributed by atoms with van der Waals surface area (Å²) in [7, 11) is 3.54. The number of carbonyl (C=O) groups excluding carboxylic acids is 2. The Labute approximate surface area is 232 Å². The maximum absolute atomic E-state index is 14.6. The maximum Gasteiger partial charge on any atom is 0.335 e. The summed E-state index contributed by atoms with van der Waals surface area (Å²) in [4.78, 5) is 47.2. The molecule has 0 aliphatic carbocycles. The predicted octanol–water partition coefficient (Wildman–Crippen LogP) is 4.30. The van der Waals surface area contributed by atoms with Crippen molar-refractivity contribution >= 4 is 45.7 Å². The fraction of sp³-hybridized carbons (Fsp3) is 0.379. The van der Waals surface area contributed by atoms with Gasteiger partial charge in [0.2, 0.25) is 0 Å². The molecule has 0 radical (unpaired) electrons. The van der Waals surface area contributed by atoms with Crippen LogP contribution >= 0.6 is 0 Å². The minimum absolute atomic E-state index is 0.0479. The fourth-order valence-electron chi connectivity index (χ4n) is 4.98.